The third-order valence-electron chi connectivity index (χ3n) is 2.35. The molecule has 106 valence electrons. The van der Waals surface area contributed by atoms with Crippen molar-refractivity contribution in [1.82, 2.24) is 9.97 Å². The molecule has 0 N–H and O–H groups in total. The normalized spacial score (nSPS) is 11.4. The number of pyridine rings is 1. The summed E-state index contributed by atoms with van der Waals surface area (Å²) in [6, 6.07) is 0.876. The Labute approximate surface area is 116 Å². The molecule has 0 radical (unpaired) electrons. The summed E-state index contributed by atoms with van der Waals surface area (Å²) in [6.07, 6.45) is -2.36. The van der Waals surface area contributed by atoms with Gasteiger partial charge >= 0.3 is 12.1 Å². The lowest BCUT2D eigenvalue weighted by Gasteiger charge is -2.09. The van der Waals surface area contributed by atoms with Crippen LogP contribution in [0.3, 0.4) is 0 Å². The standard InChI is InChI=1S/C12H9F3N2O2S/c1-2-19-11(18)9-6-20-10(17-9)7-5-16-4-3-8(7)12(13,14)15/h3-6H,2H2,1H3. The van der Waals surface area contributed by atoms with E-state index in [-0.39, 0.29) is 22.9 Å². The van der Waals surface area contributed by atoms with Gasteiger partial charge in [0.1, 0.15) is 5.01 Å². The van der Waals surface area contributed by atoms with Gasteiger partial charge in [-0.25, -0.2) is 9.78 Å². The zero-order valence-electron chi connectivity index (χ0n) is 10.3. The van der Waals surface area contributed by atoms with Crippen LogP contribution < -0.4 is 0 Å². The number of halogens is 3. The van der Waals surface area contributed by atoms with Gasteiger partial charge in [0.25, 0.3) is 0 Å². The van der Waals surface area contributed by atoms with Gasteiger partial charge < -0.3 is 4.74 Å². The molecule has 0 aliphatic heterocycles. The van der Waals surface area contributed by atoms with Crippen molar-refractivity contribution in [3.8, 4) is 10.6 Å². The Morgan fingerprint density at radius 1 is 1.45 bits per heavy atom. The third kappa shape index (κ3) is 2.96. The summed E-state index contributed by atoms with van der Waals surface area (Å²) >= 11 is 0.935. The Kier molecular flexibility index (Phi) is 4.03. The lowest BCUT2D eigenvalue weighted by atomic mass is 10.1. The maximum absolute atomic E-state index is 12.9. The Morgan fingerprint density at radius 2 is 2.20 bits per heavy atom. The molecule has 0 aliphatic rings. The van der Waals surface area contributed by atoms with Crippen LogP contribution in [0.5, 0.6) is 0 Å². The number of rotatable bonds is 3. The number of aromatic nitrogens is 2. The van der Waals surface area contributed by atoms with Gasteiger partial charge in [0, 0.05) is 23.3 Å². The lowest BCUT2D eigenvalue weighted by Crippen LogP contribution is -2.08. The van der Waals surface area contributed by atoms with E-state index in [1.807, 2.05) is 0 Å². The first-order valence-corrected chi connectivity index (χ1v) is 6.45. The van der Waals surface area contributed by atoms with Crippen molar-refractivity contribution in [3.63, 3.8) is 0 Å². The molecule has 0 atom stereocenters. The average Bonchev–Trinajstić information content (AvgIpc) is 2.87. The number of carbonyl (C=O) groups excluding carboxylic acids is 1. The lowest BCUT2D eigenvalue weighted by molar-refractivity contribution is -0.137. The van der Waals surface area contributed by atoms with E-state index in [2.05, 4.69) is 9.97 Å². The second kappa shape index (κ2) is 5.58. The molecular formula is C12H9F3N2O2S. The number of carbonyl (C=O) groups is 1. The van der Waals surface area contributed by atoms with Gasteiger partial charge in [0.2, 0.25) is 0 Å². The number of ether oxygens (including phenoxy) is 1. The first-order chi connectivity index (χ1) is 9.43. The monoisotopic (exact) mass is 302 g/mol. The minimum Gasteiger partial charge on any atom is -0.461 e. The fourth-order valence-corrected chi connectivity index (χ4v) is 2.32. The molecule has 0 bridgehead atoms. The molecule has 20 heavy (non-hydrogen) atoms. The summed E-state index contributed by atoms with van der Waals surface area (Å²) in [7, 11) is 0. The minimum atomic E-state index is -4.51. The van der Waals surface area contributed by atoms with Crippen molar-refractivity contribution in [2.75, 3.05) is 6.61 Å². The summed E-state index contributed by atoms with van der Waals surface area (Å²) in [5.74, 6) is -0.660. The molecule has 2 aromatic rings. The third-order valence-corrected chi connectivity index (χ3v) is 3.22. The highest BCUT2D eigenvalue weighted by atomic mass is 32.1. The SMILES string of the molecule is CCOC(=O)c1csc(-c2cnccc2C(F)(F)F)n1. The predicted octanol–water partition coefficient (Wildman–Crippen LogP) is 3.40. The smallest absolute Gasteiger partial charge is 0.417 e. The number of esters is 1. The highest BCUT2D eigenvalue weighted by molar-refractivity contribution is 7.13. The van der Waals surface area contributed by atoms with Crippen LogP contribution in [0.1, 0.15) is 23.0 Å². The van der Waals surface area contributed by atoms with E-state index in [1.165, 1.54) is 5.38 Å². The van der Waals surface area contributed by atoms with Crippen LogP contribution in [0.25, 0.3) is 10.6 Å². The predicted molar refractivity (Wildman–Crippen MR) is 66.3 cm³/mol. The van der Waals surface area contributed by atoms with Crippen molar-refractivity contribution in [3.05, 3.63) is 35.1 Å². The Bertz CT molecular complexity index is 625. The van der Waals surface area contributed by atoms with Crippen molar-refractivity contribution in [1.29, 1.82) is 0 Å². The van der Waals surface area contributed by atoms with Crippen LogP contribution in [0.4, 0.5) is 13.2 Å². The molecule has 0 aliphatic carbocycles. The summed E-state index contributed by atoms with van der Waals surface area (Å²) < 4.78 is 43.4. The highest BCUT2D eigenvalue weighted by Gasteiger charge is 2.34. The molecule has 2 aromatic heterocycles. The van der Waals surface area contributed by atoms with Gasteiger partial charge in [0.05, 0.1) is 12.2 Å². The van der Waals surface area contributed by atoms with Crippen LogP contribution in [0, 0.1) is 0 Å². The van der Waals surface area contributed by atoms with E-state index in [1.54, 1.807) is 6.92 Å². The molecule has 0 spiro atoms. The number of hydrogen-bond acceptors (Lipinski definition) is 5. The molecule has 2 heterocycles. The Hall–Kier alpha value is -1.96. The van der Waals surface area contributed by atoms with Crippen LogP contribution in [0.2, 0.25) is 0 Å². The molecular weight excluding hydrogens is 293 g/mol. The molecule has 0 unspecified atom stereocenters. The molecule has 0 saturated carbocycles. The van der Waals surface area contributed by atoms with Crippen molar-refractivity contribution < 1.29 is 22.7 Å². The zero-order valence-corrected chi connectivity index (χ0v) is 11.1. The van der Waals surface area contributed by atoms with Gasteiger partial charge in [-0.05, 0) is 13.0 Å². The molecule has 0 fully saturated rings. The molecule has 8 heteroatoms. The van der Waals surface area contributed by atoms with E-state index >= 15 is 0 Å². The van der Waals surface area contributed by atoms with E-state index < -0.39 is 17.7 Å². The van der Waals surface area contributed by atoms with Crippen molar-refractivity contribution in [2.24, 2.45) is 0 Å². The van der Waals surface area contributed by atoms with E-state index in [0.29, 0.717) is 0 Å². The van der Waals surface area contributed by atoms with Gasteiger partial charge in [0.15, 0.2) is 5.69 Å². The highest BCUT2D eigenvalue weighted by Crippen LogP contribution is 2.37. The number of nitrogens with zero attached hydrogens (tertiary/aromatic N) is 2. The molecule has 0 aromatic carbocycles. The largest absolute Gasteiger partial charge is 0.461 e. The van der Waals surface area contributed by atoms with Crippen molar-refractivity contribution in [2.45, 2.75) is 13.1 Å². The number of thiazole rings is 1. The average molecular weight is 302 g/mol. The fraction of sp³-hybridized carbons (Fsp3) is 0.250. The number of hydrogen-bond donors (Lipinski definition) is 0. The van der Waals surface area contributed by atoms with E-state index in [9.17, 15) is 18.0 Å². The number of alkyl halides is 3. The van der Waals surface area contributed by atoms with Crippen LogP contribution >= 0.6 is 11.3 Å². The fourth-order valence-electron chi connectivity index (χ4n) is 1.51. The first-order valence-electron chi connectivity index (χ1n) is 5.57. The van der Waals surface area contributed by atoms with Crippen molar-refractivity contribution >= 4 is 17.3 Å². The molecule has 0 amide bonds. The quantitative estimate of drug-likeness (QED) is 0.815. The van der Waals surface area contributed by atoms with Crippen LogP contribution in [0.15, 0.2) is 23.8 Å². The molecule has 2 rings (SSSR count). The molecule has 0 saturated heterocycles. The summed E-state index contributed by atoms with van der Waals surface area (Å²) in [6.45, 7) is 1.81. The van der Waals surface area contributed by atoms with Gasteiger partial charge in [-0.15, -0.1) is 11.3 Å². The van der Waals surface area contributed by atoms with E-state index in [0.717, 1.165) is 29.8 Å². The first kappa shape index (κ1) is 14.4. The molecule has 4 nitrogen and oxygen atoms in total. The maximum atomic E-state index is 12.9. The van der Waals surface area contributed by atoms with Crippen LogP contribution in [-0.4, -0.2) is 22.5 Å². The van der Waals surface area contributed by atoms with Gasteiger partial charge in [-0.1, -0.05) is 0 Å². The van der Waals surface area contributed by atoms with Gasteiger partial charge in [-0.3, -0.25) is 4.98 Å². The minimum absolute atomic E-state index is 0.0103. The second-order valence-electron chi connectivity index (χ2n) is 3.68. The Balaban J connectivity index is 2.41. The summed E-state index contributed by atoms with van der Waals surface area (Å²) in [4.78, 5) is 19.0. The zero-order chi connectivity index (χ0) is 14.8. The van der Waals surface area contributed by atoms with Crippen LogP contribution in [-0.2, 0) is 10.9 Å². The maximum Gasteiger partial charge on any atom is 0.417 e. The Morgan fingerprint density at radius 3 is 2.85 bits per heavy atom. The summed E-state index contributed by atoms with van der Waals surface area (Å²) in [5, 5.41) is 1.44. The summed E-state index contributed by atoms with van der Waals surface area (Å²) in [5.41, 5.74) is -0.998. The second-order valence-corrected chi connectivity index (χ2v) is 4.54. The van der Waals surface area contributed by atoms with E-state index in [4.69, 9.17) is 4.74 Å². The van der Waals surface area contributed by atoms with Gasteiger partial charge in [-0.2, -0.15) is 13.2 Å². The topological polar surface area (TPSA) is 52.1 Å².